The first kappa shape index (κ1) is 12.3. The molecule has 0 spiro atoms. The van der Waals surface area contributed by atoms with Crippen molar-refractivity contribution >= 4 is 0 Å². The molecule has 1 aliphatic rings. The molecule has 0 amide bonds. The van der Waals surface area contributed by atoms with Crippen LogP contribution >= 0.6 is 0 Å². The van der Waals surface area contributed by atoms with E-state index >= 15 is 0 Å². The summed E-state index contributed by atoms with van der Waals surface area (Å²) in [5.41, 5.74) is 1.35. The van der Waals surface area contributed by atoms with Crippen LogP contribution in [0.3, 0.4) is 0 Å². The summed E-state index contributed by atoms with van der Waals surface area (Å²) in [5, 5.41) is 3.47. The molecule has 19 heavy (non-hydrogen) atoms. The Morgan fingerprint density at radius 2 is 1.89 bits per heavy atom. The zero-order valence-electron chi connectivity index (χ0n) is 10.9. The highest BCUT2D eigenvalue weighted by molar-refractivity contribution is 5.20. The average Bonchev–Trinajstić information content (AvgIpc) is 2.50. The van der Waals surface area contributed by atoms with Crippen molar-refractivity contribution in [2.24, 2.45) is 0 Å². The molecule has 1 unspecified atom stereocenters. The van der Waals surface area contributed by atoms with Crippen LogP contribution in [0.5, 0.6) is 0 Å². The quantitative estimate of drug-likeness (QED) is 0.903. The standard InChI is InChI=1S/C15H18N4/c1-2-5-13(6-3-1)14-11-16-9-10-19(14)12-15-17-7-4-8-18-15/h1-8,14,16H,9-12H2. The number of aromatic nitrogens is 2. The maximum atomic E-state index is 4.33. The van der Waals surface area contributed by atoms with Gasteiger partial charge in [0, 0.05) is 38.1 Å². The van der Waals surface area contributed by atoms with Gasteiger partial charge in [0.05, 0.1) is 6.54 Å². The molecule has 4 heteroatoms. The first-order valence-electron chi connectivity index (χ1n) is 6.69. The van der Waals surface area contributed by atoms with Crippen molar-refractivity contribution in [2.45, 2.75) is 12.6 Å². The molecule has 0 saturated carbocycles. The topological polar surface area (TPSA) is 41.0 Å². The Labute approximate surface area is 113 Å². The molecule has 0 bridgehead atoms. The van der Waals surface area contributed by atoms with Crippen molar-refractivity contribution in [1.29, 1.82) is 0 Å². The van der Waals surface area contributed by atoms with Crippen molar-refractivity contribution in [3.05, 3.63) is 60.2 Å². The van der Waals surface area contributed by atoms with Gasteiger partial charge in [-0.15, -0.1) is 0 Å². The lowest BCUT2D eigenvalue weighted by Gasteiger charge is -2.36. The van der Waals surface area contributed by atoms with Crippen molar-refractivity contribution in [2.75, 3.05) is 19.6 Å². The maximum Gasteiger partial charge on any atom is 0.142 e. The zero-order valence-corrected chi connectivity index (χ0v) is 10.9. The molecule has 1 aromatic carbocycles. The van der Waals surface area contributed by atoms with Gasteiger partial charge in [0.15, 0.2) is 0 Å². The minimum absolute atomic E-state index is 0.402. The largest absolute Gasteiger partial charge is 0.314 e. The lowest BCUT2D eigenvalue weighted by molar-refractivity contribution is 0.150. The van der Waals surface area contributed by atoms with E-state index in [1.54, 1.807) is 0 Å². The lowest BCUT2D eigenvalue weighted by atomic mass is 10.0. The van der Waals surface area contributed by atoms with E-state index < -0.39 is 0 Å². The van der Waals surface area contributed by atoms with E-state index in [2.05, 4.69) is 50.5 Å². The van der Waals surface area contributed by atoms with E-state index in [1.807, 2.05) is 18.5 Å². The Bertz CT molecular complexity index is 500. The molecule has 0 radical (unpaired) electrons. The van der Waals surface area contributed by atoms with Crippen LogP contribution in [0.15, 0.2) is 48.8 Å². The highest BCUT2D eigenvalue weighted by Gasteiger charge is 2.24. The van der Waals surface area contributed by atoms with Gasteiger partial charge in [-0.1, -0.05) is 30.3 Å². The Morgan fingerprint density at radius 1 is 1.11 bits per heavy atom. The van der Waals surface area contributed by atoms with Crippen LogP contribution in [0, 0.1) is 0 Å². The molecule has 1 aliphatic heterocycles. The monoisotopic (exact) mass is 254 g/mol. The smallest absolute Gasteiger partial charge is 0.142 e. The Hall–Kier alpha value is -1.78. The molecule has 1 fully saturated rings. The number of hydrogen-bond acceptors (Lipinski definition) is 4. The number of nitrogens with zero attached hydrogens (tertiary/aromatic N) is 3. The van der Waals surface area contributed by atoms with Gasteiger partial charge in [0.1, 0.15) is 5.82 Å². The molecular weight excluding hydrogens is 236 g/mol. The molecule has 1 aromatic heterocycles. The number of benzene rings is 1. The molecule has 1 atom stereocenters. The zero-order chi connectivity index (χ0) is 12.9. The Kier molecular flexibility index (Phi) is 3.81. The van der Waals surface area contributed by atoms with Crippen molar-refractivity contribution in [3.63, 3.8) is 0 Å². The van der Waals surface area contributed by atoms with Gasteiger partial charge in [-0.3, -0.25) is 4.90 Å². The second-order valence-electron chi connectivity index (χ2n) is 4.77. The average molecular weight is 254 g/mol. The van der Waals surface area contributed by atoms with Crippen LogP contribution in [-0.4, -0.2) is 34.5 Å². The number of hydrogen-bond donors (Lipinski definition) is 1. The summed E-state index contributed by atoms with van der Waals surface area (Å²) < 4.78 is 0. The molecule has 98 valence electrons. The van der Waals surface area contributed by atoms with Crippen molar-refractivity contribution in [1.82, 2.24) is 20.2 Å². The van der Waals surface area contributed by atoms with Gasteiger partial charge in [-0.25, -0.2) is 9.97 Å². The summed E-state index contributed by atoms with van der Waals surface area (Å²) in [6, 6.07) is 12.9. The van der Waals surface area contributed by atoms with Crippen LogP contribution in [0.4, 0.5) is 0 Å². The van der Waals surface area contributed by atoms with Crippen LogP contribution in [0.2, 0.25) is 0 Å². The van der Waals surface area contributed by atoms with Crippen molar-refractivity contribution in [3.8, 4) is 0 Å². The van der Waals surface area contributed by atoms with Gasteiger partial charge >= 0.3 is 0 Å². The van der Waals surface area contributed by atoms with Gasteiger partial charge in [-0.2, -0.15) is 0 Å². The molecular formula is C15H18N4. The third-order valence-corrected chi connectivity index (χ3v) is 3.50. The summed E-state index contributed by atoms with van der Waals surface area (Å²) >= 11 is 0. The van der Waals surface area contributed by atoms with Crippen LogP contribution in [0.25, 0.3) is 0 Å². The van der Waals surface area contributed by atoms with Crippen molar-refractivity contribution < 1.29 is 0 Å². The minimum Gasteiger partial charge on any atom is -0.314 e. The Balaban J connectivity index is 1.78. The summed E-state index contributed by atoms with van der Waals surface area (Å²) in [6.07, 6.45) is 3.62. The molecule has 3 rings (SSSR count). The number of piperazine rings is 1. The molecule has 2 heterocycles. The predicted molar refractivity (Wildman–Crippen MR) is 74.5 cm³/mol. The van der Waals surface area contributed by atoms with E-state index in [-0.39, 0.29) is 0 Å². The maximum absolute atomic E-state index is 4.33. The summed E-state index contributed by atoms with van der Waals surface area (Å²) in [6.45, 7) is 3.84. The van der Waals surface area contributed by atoms with Gasteiger partial charge in [0.25, 0.3) is 0 Å². The molecule has 2 aromatic rings. The predicted octanol–water partition coefficient (Wildman–Crippen LogP) is 1.62. The molecule has 1 N–H and O–H groups in total. The van der Waals surface area contributed by atoms with Crippen LogP contribution in [0.1, 0.15) is 17.4 Å². The molecule has 1 saturated heterocycles. The van der Waals surface area contributed by atoms with E-state index in [9.17, 15) is 0 Å². The second-order valence-corrected chi connectivity index (χ2v) is 4.77. The Morgan fingerprint density at radius 3 is 2.68 bits per heavy atom. The summed E-state index contributed by atoms with van der Waals surface area (Å²) in [4.78, 5) is 11.1. The summed E-state index contributed by atoms with van der Waals surface area (Å²) in [7, 11) is 0. The van der Waals surface area contributed by atoms with Gasteiger partial charge < -0.3 is 5.32 Å². The normalized spacial score (nSPS) is 20.3. The fourth-order valence-electron chi connectivity index (χ4n) is 2.53. The van der Waals surface area contributed by atoms with E-state index in [0.717, 1.165) is 32.0 Å². The van der Waals surface area contributed by atoms with Crippen LogP contribution in [-0.2, 0) is 6.54 Å². The number of rotatable bonds is 3. The van der Waals surface area contributed by atoms with E-state index in [4.69, 9.17) is 0 Å². The molecule has 0 aliphatic carbocycles. The fourth-order valence-corrected chi connectivity index (χ4v) is 2.53. The highest BCUT2D eigenvalue weighted by Crippen LogP contribution is 2.22. The SMILES string of the molecule is c1ccc(C2CNCCN2Cc2ncccn2)cc1. The van der Waals surface area contributed by atoms with E-state index in [0.29, 0.717) is 6.04 Å². The summed E-state index contributed by atoms with van der Waals surface area (Å²) in [5.74, 6) is 0.894. The fraction of sp³-hybridized carbons (Fsp3) is 0.333. The van der Waals surface area contributed by atoms with Crippen LogP contribution < -0.4 is 5.32 Å². The lowest BCUT2D eigenvalue weighted by Crippen LogP contribution is -2.45. The third-order valence-electron chi connectivity index (χ3n) is 3.50. The van der Waals surface area contributed by atoms with Gasteiger partial charge in [0.2, 0.25) is 0 Å². The first-order valence-corrected chi connectivity index (χ1v) is 6.69. The highest BCUT2D eigenvalue weighted by atomic mass is 15.2. The number of nitrogens with one attached hydrogen (secondary N) is 1. The first-order chi connectivity index (χ1) is 9.43. The minimum atomic E-state index is 0.402. The van der Waals surface area contributed by atoms with Gasteiger partial charge in [-0.05, 0) is 11.6 Å². The molecule has 4 nitrogen and oxygen atoms in total. The second kappa shape index (κ2) is 5.91. The van der Waals surface area contributed by atoms with E-state index in [1.165, 1.54) is 5.56 Å². The third kappa shape index (κ3) is 2.97.